The van der Waals surface area contributed by atoms with Gasteiger partial charge in [0, 0.05) is 44.6 Å². The molecule has 2 rings (SSSR count). The van der Waals surface area contributed by atoms with Gasteiger partial charge in [0.2, 0.25) is 5.96 Å². The summed E-state index contributed by atoms with van der Waals surface area (Å²) in [6.45, 7) is 12.2. The molecule has 0 aromatic heterocycles. The molecule has 1 aromatic carbocycles. The van der Waals surface area contributed by atoms with Crippen LogP contribution in [0.4, 0.5) is 4.39 Å². The second-order valence-electron chi connectivity index (χ2n) is 8.44. The third-order valence-electron chi connectivity index (χ3n) is 5.42. The van der Waals surface area contributed by atoms with Crippen molar-refractivity contribution < 1.29 is 18.7 Å². The minimum Gasteiger partial charge on any atom is -0.436 e. The van der Waals surface area contributed by atoms with Crippen molar-refractivity contribution in [3.05, 3.63) is 77.9 Å². The fraction of sp³-hybridized carbons (Fsp3) is 0.370. The number of nitrogens with zero attached hydrogens (tertiary/aromatic N) is 3. The maximum Gasteiger partial charge on any atom is 0.258 e. The van der Waals surface area contributed by atoms with Crippen LogP contribution in [-0.4, -0.2) is 74.9 Å². The van der Waals surface area contributed by atoms with Crippen LogP contribution in [0.25, 0.3) is 0 Å². The van der Waals surface area contributed by atoms with Crippen LogP contribution in [-0.2, 0) is 11.2 Å². The monoisotopic (exact) mass is 497 g/mol. The zero-order valence-electron chi connectivity index (χ0n) is 21.6. The highest BCUT2D eigenvalue weighted by atomic mass is 19.1. The standard InChI is InChI=1S/C27H36FN5O3/c1-7-33(17-16-32(4)5)22(15-18-35-6)13-11-19(2)30-27(29)31-26(20(3)28)36-24-10-8-9-21-12-14-23(34)25(21)24/h8-11,13,15H,2-3,7,12,14,16-18H2,1,4-6H3,(H2,29,30)/b13-11-,22-15+,31-26+. The molecule has 0 radical (unpaired) electrons. The molecule has 0 heterocycles. The van der Waals surface area contributed by atoms with Crippen molar-refractivity contribution in [3.8, 4) is 5.75 Å². The van der Waals surface area contributed by atoms with Crippen molar-refractivity contribution >= 4 is 17.6 Å². The van der Waals surface area contributed by atoms with E-state index in [0.29, 0.717) is 30.7 Å². The molecule has 0 aliphatic heterocycles. The molecule has 0 fully saturated rings. The lowest BCUT2D eigenvalue weighted by Crippen LogP contribution is -2.31. The number of benzene rings is 1. The number of fused-ring (bicyclic) bond motifs is 1. The van der Waals surface area contributed by atoms with E-state index in [1.807, 2.05) is 32.3 Å². The van der Waals surface area contributed by atoms with E-state index in [-0.39, 0.29) is 17.5 Å². The second kappa shape index (κ2) is 14.1. The Hall–Kier alpha value is -3.56. The molecule has 0 saturated carbocycles. The Kier molecular flexibility index (Phi) is 11.2. The van der Waals surface area contributed by atoms with E-state index in [2.05, 4.69) is 40.2 Å². The highest BCUT2D eigenvalue weighted by molar-refractivity contribution is 6.05. The average Bonchev–Trinajstić information content (AvgIpc) is 3.21. The number of rotatable bonds is 12. The van der Waals surface area contributed by atoms with Crippen LogP contribution >= 0.6 is 0 Å². The SMILES string of the molecule is C=C(/C=C\C(=C/COC)N(CC)CCN(C)C)NC(=N)/N=C(/Oc1cccc2c1C(=O)CC2)C(=C)F. The Bertz CT molecular complexity index is 1080. The third-order valence-corrected chi connectivity index (χ3v) is 5.42. The molecule has 1 aliphatic carbocycles. The van der Waals surface area contributed by atoms with Crippen molar-refractivity contribution in [1.29, 1.82) is 5.41 Å². The summed E-state index contributed by atoms with van der Waals surface area (Å²) in [4.78, 5) is 20.4. The number of nitrogens with one attached hydrogen (secondary N) is 2. The summed E-state index contributed by atoms with van der Waals surface area (Å²) in [6.07, 6.45) is 6.54. The minimum atomic E-state index is -0.963. The van der Waals surface area contributed by atoms with Gasteiger partial charge in [0.1, 0.15) is 5.75 Å². The minimum absolute atomic E-state index is 0.0693. The molecule has 0 atom stereocenters. The summed E-state index contributed by atoms with van der Waals surface area (Å²) < 4.78 is 24.9. The van der Waals surface area contributed by atoms with Gasteiger partial charge in [-0.1, -0.05) is 25.3 Å². The van der Waals surface area contributed by atoms with Crippen LogP contribution < -0.4 is 10.1 Å². The summed E-state index contributed by atoms with van der Waals surface area (Å²) in [5.74, 6) is -1.72. The molecule has 9 heteroatoms. The number of halogens is 1. The third kappa shape index (κ3) is 8.58. The Morgan fingerprint density at radius 2 is 2.00 bits per heavy atom. The number of guanidine groups is 1. The van der Waals surface area contributed by atoms with Crippen molar-refractivity contribution in [3.63, 3.8) is 0 Å². The van der Waals surface area contributed by atoms with Gasteiger partial charge < -0.3 is 24.6 Å². The topological polar surface area (TPSA) is 90.2 Å². The number of carbonyl (C=O) groups is 1. The van der Waals surface area contributed by atoms with Gasteiger partial charge in [-0.05, 0) is 57.3 Å². The molecule has 2 N–H and O–H groups in total. The van der Waals surface area contributed by atoms with E-state index in [4.69, 9.17) is 14.9 Å². The van der Waals surface area contributed by atoms with E-state index in [1.165, 1.54) is 0 Å². The van der Waals surface area contributed by atoms with Crippen molar-refractivity contribution in [2.45, 2.75) is 19.8 Å². The molecule has 0 amide bonds. The quantitative estimate of drug-likeness (QED) is 0.257. The number of aryl methyl sites for hydroxylation is 1. The number of hydrogen-bond acceptors (Lipinski definition) is 6. The summed E-state index contributed by atoms with van der Waals surface area (Å²) in [7, 11) is 5.67. The van der Waals surface area contributed by atoms with Crippen LogP contribution in [0.3, 0.4) is 0 Å². The van der Waals surface area contributed by atoms with Crippen LogP contribution in [0.1, 0.15) is 29.3 Å². The van der Waals surface area contributed by atoms with E-state index in [9.17, 15) is 9.18 Å². The smallest absolute Gasteiger partial charge is 0.258 e. The van der Waals surface area contributed by atoms with Gasteiger partial charge in [-0.25, -0.2) is 4.39 Å². The largest absolute Gasteiger partial charge is 0.436 e. The van der Waals surface area contributed by atoms with Crippen molar-refractivity contribution in [2.75, 3.05) is 47.4 Å². The fourth-order valence-corrected chi connectivity index (χ4v) is 3.57. The molecule has 0 unspecified atom stereocenters. The number of hydrogen-bond donors (Lipinski definition) is 2. The summed E-state index contributed by atoms with van der Waals surface area (Å²) in [5, 5.41) is 10.8. The van der Waals surface area contributed by atoms with Crippen LogP contribution in [0, 0.1) is 5.41 Å². The maximum absolute atomic E-state index is 14.1. The lowest BCUT2D eigenvalue weighted by atomic mass is 10.1. The first-order chi connectivity index (χ1) is 17.2. The number of Topliss-reactive ketones (excluding diaryl/α,β-unsaturated/α-hetero) is 1. The van der Waals surface area contributed by atoms with Gasteiger partial charge >= 0.3 is 0 Å². The number of ether oxygens (including phenoxy) is 2. The van der Waals surface area contributed by atoms with Gasteiger partial charge in [-0.15, -0.1) is 0 Å². The molecule has 194 valence electrons. The number of likely N-dealkylation sites (N-methyl/N-ethyl adjacent to an activating group) is 2. The highest BCUT2D eigenvalue weighted by Crippen LogP contribution is 2.31. The molecule has 36 heavy (non-hydrogen) atoms. The number of aliphatic imine (C=N–C) groups is 1. The van der Waals surface area contributed by atoms with Crippen LogP contribution in [0.2, 0.25) is 0 Å². The first-order valence-corrected chi connectivity index (χ1v) is 11.7. The van der Waals surface area contributed by atoms with E-state index in [0.717, 1.165) is 30.9 Å². The predicted molar refractivity (Wildman–Crippen MR) is 142 cm³/mol. The lowest BCUT2D eigenvalue weighted by Gasteiger charge is -2.26. The zero-order chi connectivity index (χ0) is 26.7. The second-order valence-corrected chi connectivity index (χ2v) is 8.44. The maximum atomic E-state index is 14.1. The molecular formula is C27H36FN5O3. The van der Waals surface area contributed by atoms with Crippen LogP contribution in [0.15, 0.2) is 71.8 Å². The normalized spacial score (nSPS) is 13.8. The fourth-order valence-electron chi connectivity index (χ4n) is 3.57. The Morgan fingerprint density at radius 3 is 2.64 bits per heavy atom. The molecule has 8 nitrogen and oxygen atoms in total. The molecule has 0 saturated heterocycles. The number of methoxy groups -OCH3 is 1. The summed E-state index contributed by atoms with van der Waals surface area (Å²) in [6, 6.07) is 5.14. The molecule has 0 bridgehead atoms. The zero-order valence-corrected chi connectivity index (χ0v) is 21.6. The summed E-state index contributed by atoms with van der Waals surface area (Å²) in [5.41, 5.74) is 2.58. The number of carbonyl (C=O) groups excluding carboxylic acids is 1. The van der Waals surface area contributed by atoms with E-state index >= 15 is 0 Å². The molecular weight excluding hydrogens is 461 g/mol. The molecule has 1 aliphatic rings. The van der Waals surface area contributed by atoms with Crippen molar-refractivity contribution in [2.24, 2.45) is 4.99 Å². The molecule has 0 spiro atoms. The first-order valence-electron chi connectivity index (χ1n) is 11.7. The van der Waals surface area contributed by atoms with E-state index < -0.39 is 11.7 Å². The predicted octanol–water partition coefficient (Wildman–Crippen LogP) is 4.08. The first kappa shape index (κ1) is 28.7. The van der Waals surface area contributed by atoms with Crippen LogP contribution in [0.5, 0.6) is 5.75 Å². The van der Waals surface area contributed by atoms with Gasteiger partial charge in [-0.3, -0.25) is 10.2 Å². The lowest BCUT2D eigenvalue weighted by molar-refractivity contribution is 0.0993. The summed E-state index contributed by atoms with van der Waals surface area (Å²) >= 11 is 0. The Balaban J connectivity index is 2.11. The Labute approximate surface area is 213 Å². The number of allylic oxidation sites excluding steroid dienone is 2. The van der Waals surface area contributed by atoms with E-state index in [1.54, 1.807) is 25.3 Å². The van der Waals surface area contributed by atoms with Gasteiger partial charge in [0.05, 0.1) is 12.2 Å². The molecule has 1 aromatic rings. The van der Waals surface area contributed by atoms with Gasteiger partial charge in [-0.2, -0.15) is 4.99 Å². The highest BCUT2D eigenvalue weighted by Gasteiger charge is 2.25. The average molecular weight is 498 g/mol. The number of ketones is 1. The van der Waals surface area contributed by atoms with Gasteiger partial charge in [0.25, 0.3) is 5.90 Å². The van der Waals surface area contributed by atoms with Crippen molar-refractivity contribution in [1.82, 2.24) is 15.1 Å². The van der Waals surface area contributed by atoms with Gasteiger partial charge in [0.15, 0.2) is 11.6 Å². The Morgan fingerprint density at radius 1 is 1.25 bits per heavy atom.